The zero-order valence-electron chi connectivity index (χ0n) is 11.3. The van der Waals surface area contributed by atoms with Crippen LogP contribution >= 0.6 is 0 Å². The molecular formula is C15H16FN3O. The van der Waals surface area contributed by atoms with E-state index in [2.05, 4.69) is 5.32 Å². The molecule has 2 aromatic carbocycles. The summed E-state index contributed by atoms with van der Waals surface area (Å²) in [5, 5.41) is 2.97. The van der Waals surface area contributed by atoms with Gasteiger partial charge in [0.1, 0.15) is 5.82 Å². The normalized spacial score (nSPS) is 10.3. The highest BCUT2D eigenvalue weighted by atomic mass is 19.1. The highest BCUT2D eigenvalue weighted by Gasteiger charge is 2.12. The molecule has 5 heteroatoms. The van der Waals surface area contributed by atoms with E-state index in [1.807, 2.05) is 32.0 Å². The summed E-state index contributed by atoms with van der Waals surface area (Å²) in [5.74, 6) is -1.22. The van der Waals surface area contributed by atoms with Crippen LogP contribution < -0.4 is 16.8 Å². The molecular weight excluding hydrogens is 257 g/mol. The van der Waals surface area contributed by atoms with E-state index >= 15 is 0 Å². The molecule has 0 aliphatic carbocycles. The highest BCUT2D eigenvalue weighted by Crippen LogP contribution is 2.27. The molecule has 0 aliphatic rings. The van der Waals surface area contributed by atoms with Crippen molar-refractivity contribution >= 4 is 23.0 Å². The average molecular weight is 273 g/mol. The molecule has 0 aromatic heterocycles. The van der Waals surface area contributed by atoms with Crippen molar-refractivity contribution in [1.82, 2.24) is 0 Å². The third-order valence-corrected chi connectivity index (χ3v) is 3.07. The van der Waals surface area contributed by atoms with Gasteiger partial charge in [-0.2, -0.15) is 0 Å². The first-order chi connectivity index (χ1) is 9.38. The first-order valence-corrected chi connectivity index (χ1v) is 6.11. The van der Waals surface area contributed by atoms with Gasteiger partial charge in [-0.3, -0.25) is 4.79 Å². The third kappa shape index (κ3) is 2.71. The van der Waals surface area contributed by atoms with Gasteiger partial charge >= 0.3 is 0 Å². The molecule has 0 bridgehead atoms. The van der Waals surface area contributed by atoms with Crippen LogP contribution in [-0.2, 0) is 0 Å². The first kappa shape index (κ1) is 13.9. The smallest absolute Gasteiger partial charge is 0.250 e. The van der Waals surface area contributed by atoms with E-state index < -0.39 is 11.7 Å². The van der Waals surface area contributed by atoms with Gasteiger partial charge in [0, 0.05) is 11.4 Å². The molecule has 0 fully saturated rings. The molecule has 20 heavy (non-hydrogen) atoms. The number of nitrogens with two attached hydrogens (primary N) is 2. The number of carbonyl (C=O) groups excluding carboxylic acids is 1. The number of amides is 1. The Kier molecular flexibility index (Phi) is 3.61. The maximum Gasteiger partial charge on any atom is 0.250 e. The van der Waals surface area contributed by atoms with Crippen molar-refractivity contribution in [1.29, 1.82) is 0 Å². The van der Waals surface area contributed by atoms with Crippen LogP contribution in [0.1, 0.15) is 21.5 Å². The van der Waals surface area contributed by atoms with Gasteiger partial charge in [0.15, 0.2) is 0 Å². The standard InChI is InChI=1S/C15H16FN3O/c1-8-3-4-9(2)13(5-8)19-14-6-10(15(18)20)12(17)7-11(14)16/h3-7,19H,17H2,1-2H3,(H2,18,20). The molecule has 104 valence electrons. The highest BCUT2D eigenvalue weighted by molar-refractivity contribution is 5.99. The summed E-state index contributed by atoms with van der Waals surface area (Å²) in [7, 11) is 0. The predicted molar refractivity (Wildman–Crippen MR) is 78.5 cm³/mol. The van der Waals surface area contributed by atoms with E-state index in [4.69, 9.17) is 11.5 Å². The Morgan fingerprint density at radius 1 is 1.15 bits per heavy atom. The lowest BCUT2D eigenvalue weighted by atomic mass is 10.1. The minimum atomic E-state index is -0.688. The number of benzene rings is 2. The topological polar surface area (TPSA) is 81.1 Å². The number of primary amides is 1. The van der Waals surface area contributed by atoms with Crippen molar-refractivity contribution in [3.63, 3.8) is 0 Å². The number of anilines is 3. The SMILES string of the molecule is Cc1ccc(C)c(Nc2cc(C(N)=O)c(N)cc2F)c1. The van der Waals surface area contributed by atoms with Gasteiger partial charge in [0.2, 0.25) is 0 Å². The Balaban J connectivity index is 2.45. The summed E-state index contributed by atoms with van der Waals surface area (Å²) in [6.45, 7) is 3.85. The van der Waals surface area contributed by atoms with Gasteiger partial charge < -0.3 is 16.8 Å². The Bertz CT molecular complexity index is 683. The van der Waals surface area contributed by atoms with Crippen molar-refractivity contribution in [2.45, 2.75) is 13.8 Å². The number of hydrogen-bond acceptors (Lipinski definition) is 3. The van der Waals surface area contributed by atoms with Gasteiger partial charge in [0.05, 0.1) is 11.3 Å². The number of aryl methyl sites for hydroxylation is 2. The van der Waals surface area contributed by atoms with Crippen molar-refractivity contribution in [3.8, 4) is 0 Å². The maximum absolute atomic E-state index is 13.9. The molecule has 0 aliphatic heterocycles. The number of carbonyl (C=O) groups is 1. The van der Waals surface area contributed by atoms with Crippen molar-refractivity contribution in [3.05, 3.63) is 52.8 Å². The molecule has 0 unspecified atom stereocenters. The summed E-state index contributed by atoms with van der Waals surface area (Å²) in [4.78, 5) is 11.3. The van der Waals surface area contributed by atoms with E-state index in [1.54, 1.807) is 0 Å². The Hall–Kier alpha value is -2.56. The van der Waals surface area contributed by atoms with E-state index in [0.29, 0.717) is 0 Å². The third-order valence-electron chi connectivity index (χ3n) is 3.07. The van der Waals surface area contributed by atoms with Crippen LogP contribution in [0.4, 0.5) is 21.5 Å². The molecule has 0 spiro atoms. The zero-order valence-corrected chi connectivity index (χ0v) is 11.3. The molecule has 0 atom stereocenters. The van der Waals surface area contributed by atoms with Crippen LogP contribution in [0.3, 0.4) is 0 Å². The lowest BCUT2D eigenvalue weighted by molar-refractivity contribution is 0.100. The number of rotatable bonds is 3. The maximum atomic E-state index is 13.9. The van der Waals surface area contributed by atoms with Gasteiger partial charge in [-0.05, 0) is 43.2 Å². The number of halogens is 1. The van der Waals surface area contributed by atoms with E-state index in [9.17, 15) is 9.18 Å². The molecule has 2 aromatic rings. The van der Waals surface area contributed by atoms with Crippen LogP contribution in [0.2, 0.25) is 0 Å². The number of hydrogen-bond donors (Lipinski definition) is 3. The van der Waals surface area contributed by atoms with Gasteiger partial charge in [0.25, 0.3) is 5.91 Å². The van der Waals surface area contributed by atoms with Gasteiger partial charge in [-0.15, -0.1) is 0 Å². The predicted octanol–water partition coefficient (Wildman–Crippen LogP) is 2.87. The zero-order chi connectivity index (χ0) is 14.9. The fourth-order valence-corrected chi connectivity index (χ4v) is 1.91. The second-order valence-electron chi connectivity index (χ2n) is 4.73. The molecule has 0 saturated carbocycles. The molecule has 2 rings (SSSR count). The van der Waals surface area contributed by atoms with Crippen molar-refractivity contribution < 1.29 is 9.18 Å². The lowest BCUT2D eigenvalue weighted by Crippen LogP contribution is -2.14. The van der Waals surface area contributed by atoms with Crippen LogP contribution in [0, 0.1) is 19.7 Å². The summed E-state index contributed by atoms with van der Waals surface area (Å²) in [6.07, 6.45) is 0. The summed E-state index contributed by atoms with van der Waals surface area (Å²) in [5.41, 5.74) is 13.9. The Morgan fingerprint density at radius 3 is 2.50 bits per heavy atom. The second kappa shape index (κ2) is 5.21. The lowest BCUT2D eigenvalue weighted by Gasteiger charge is -2.13. The molecule has 5 N–H and O–H groups in total. The molecule has 0 radical (unpaired) electrons. The minimum Gasteiger partial charge on any atom is -0.398 e. The second-order valence-corrected chi connectivity index (χ2v) is 4.73. The summed E-state index contributed by atoms with van der Waals surface area (Å²) < 4.78 is 13.9. The number of nitrogens with one attached hydrogen (secondary N) is 1. The fraction of sp³-hybridized carbons (Fsp3) is 0.133. The van der Waals surface area contributed by atoms with Crippen LogP contribution in [0.25, 0.3) is 0 Å². The molecule has 4 nitrogen and oxygen atoms in total. The van der Waals surface area contributed by atoms with E-state index in [0.717, 1.165) is 22.9 Å². The fourth-order valence-electron chi connectivity index (χ4n) is 1.91. The van der Waals surface area contributed by atoms with E-state index in [1.165, 1.54) is 6.07 Å². The summed E-state index contributed by atoms with van der Waals surface area (Å²) in [6, 6.07) is 8.22. The quantitative estimate of drug-likeness (QED) is 0.752. The van der Waals surface area contributed by atoms with Gasteiger partial charge in [-0.1, -0.05) is 12.1 Å². The van der Waals surface area contributed by atoms with Crippen LogP contribution in [0.15, 0.2) is 30.3 Å². The molecule has 0 heterocycles. The Labute approximate surface area is 116 Å². The van der Waals surface area contributed by atoms with E-state index in [-0.39, 0.29) is 16.9 Å². The van der Waals surface area contributed by atoms with Crippen molar-refractivity contribution in [2.24, 2.45) is 5.73 Å². The largest absolute Gasteiger partial charge is 0.398 e. The first-order valence-electron chi connectivity index (χ1n) is 6.11. The van der Waals surface area contributed by atoms with Crippen molar-refractivity contribution in [2.75, 3.05) is 11.1 Å². The number of nitrogen functional groups attached to an aromatic ring is 1. The van der Waals surface area contributed by atoms with Crippen LogP contribution in [0.5, 0.6) is 0 Å². The summed E-state index contributed by atoms with van der Waals surface area (Å²) >= 11 is 0. The molecule has 0 saturated heterocycles. The average Bonchev–Trinajstić information content (AvgIpc) is 2.36. The minimum absolute atomic E-state index is 0.0292. The van der Waals surface area contributed by atoms with Crippen LogP contribution in [-0.4, -0.2) is 5.91 Å². The monoisotopic (exact) mass is 273 g/mol. The van der Waals surface area contributed by atoms with Gasteiger partial charge in [-0.25, -0.2) is 4.39 Å². The molecule has 1 amide bonds. The Morgan fingerprint density at radius 2 is 1.85 bits per heavy atom.